The van der Waals surface area contributed by atoms with E-state index >= 15 is 0 Å². The van der Waals surface area contributed by atoms with Crippen LogP contribution in [0.25, 0.3) is 0 Å². The number of ether oxygens (including phenoxy) is 2. The molecule has 3 N–H and O–H groups in total. The van der Waals surface area contributed by atoms with Crippen LogP contribution < -0.4 is 24.8 Å². The van der Waals surface area contributed by atoms with Crippen LogP contribution in [0.2, 0.25) is 0 Å². The first-order valence-electron chi connectivity index (χ1n) is 9.52. The summed E-state index contributed by atoms with van der Waals surface area (Å²) in [6.45, 7) is 1.46. The topological polar surface area (TPSA) is 123 Å². The summed E-state index contributed by atoms with van der Waals surface area (Å²) in [5.41, 5.74) is 1.44. The van der Waals surface area contributed by atoms with Gasteiger partial charge in [0.15, 0.2) is 11.5 Å². The van der Waals surface area contributed by atoms with Gasteiger partial charge in [0.1, 0.15) is 0 Å². The van der Waals surface area contributed by atoms with Crippen LogP contribution in [-0.2, 0) is 14.8 Å². The lowest BCUT2D eigenvalue weighted by Crippen LogP contribution is -2.16. The molecule has 0 radical (unpaired) electrons. The summed E-state index contributed by atoms with van der Waals surface area (Å²) >= 11 is 0. The standard InChI is InChI=1S/C22H19N3O6S/c1-14(26)23-16-5-3-6-17(11-16)24-22(27)15-4-2-7-19(10-15)32(28,29)25-18-8-9-20-21(12-18)31-13-30-20/h2-12,25H,13H2,1H3,(H,23,26)(H,24,27). The number of carbonyl (C=O) groups excluding carboxylic acids is 2. The first-order chi connectivity index (χ1) is 15.3. The van der Waals surface area contributed by atoms with Crippen LogP contribution in [0.3, 0.4) is 0 Å². The maximum absolute atomic E-state index is 12.8. The molecule has 0 saturated carbocycles. The van der Waals surface area contributed by atoms with Gasteiger partial charge < -0.3 is 20.1 Å². The molecule has 1 aliphatic rings. The third-order valence-corrected chi connectivity index (χ3v) is 5.85. The van der Waals surface area contributed by atoms with Crippen LogP contribution in [0, 0.1) is 0 Å². The van der Waals surface area contributed by atoms with E-state index in [4.69, 9.17) is 9.47 Å². The number of amides is 2. The van der Waals surface area contributed by atoms with Gasteiger partial charge in [0.25, 0.3) is 15.9 Å². The first kappa shape index (κ1) is 21.2. The number of benzene rings is 3. The predicted molar refractivity (Wildman–Crippen MR) is 119 cm³/mol. The van der Waals surface area contributed by atoms with Crippen LogP contribution in [0.1, 0.15) is 17.3 Å². The van der Waals surface area contributed by atoms with Gasteiger partial charge in [-0.15, -0.1) is 0 Å². The van der Waals surface area contributed by atoms with E-state index in [9.17, 15) is 18.0 Å². The van der Waals surface area contributed by atoms with Crippen molar-refractivity contribution in [2.75, 3.05) is 22.1 Å². The predicted octanol–water partition coefficient (Wildman–Crippen LogP) is 3.43. The molecule has 3 aromatic rings. The summed E-state index contributed by atoms with van der Waals surface area (Å²) < 4.78 is 38.6. The van der Waals surface area contributed by atoms with E-state index in [1.54, 1.807) is 36.4 Å². The van der Waals surface area contributed by atoms with Crippen molar-refractivity contribution in [1.82, 2.24) is 0 Å². The third kappa shape index (κ3) is 4.81. The number of hydrogen-bond donors (Lipinski definition) is 3. The van der Waals surface area contributed by atoms with Gasteiger partial charge in [-0.3, -0.25) is 14.3 Å². The molecule has 3 aromatic carbocycles. The van der Waals surface area contributed by atoms with Gasteiger partial charge in [0.2, 0.25) is 12.7 Å². The molecule has 164 valence electrons. The van der Waals surface area contributed by atoms with Crippen molar-refractivity contribution in [1.29, 1.82) is 0 Å². The Bertz CT molecular complexity index is 1310. The zero-order valence-electron chi connectivity index (χ0n) is 16.9. The zero-order chi connectivity index (χ0) is 22.7. The average molecular weight is 453 g/mol. The van der Waals surface area contributed by atoms with Crippen LogP contribution in [-0.4, -0.2) is 27.0 Å². The fourth-order valence-electron chi connectivity index (χ4n) is 3.06. The van der Waals surface area contributed by atoms with Gasteiger partial charge in [-0.25, -0.2) is 8.42 Å². The molecule has 0 spiro atoms. The smallest absolute Gasteiger partial charge is 0.261 e. The highest BCUT2D eigenvalue weighted by molar-refractivity contribution is 7.92. The number of carbonyl (C=O) groups is 2. The summed E-state index contributed by atoms with van der Waals surface area (Å²) in [4.78, 5) is 23.8. The second-order valence-corrected chi connectivity index (χ2v) is 8.60. The minimum absolute atomic E-state index is 0.0742. The van der Waals surface area contributed by atoms with E-state index < -0.39 is 15.9 Å². The van der Waals surface area contributed by atoms with Gasteiger partial charge in [-0.1, -0.05) is 12.1 Å². The second-order valence-electron chi connectivity index (χ2n) is 6.92. The zero-order valence-corrected chi connectivity index (χ0v) is 17.7. The van der Waals surface area contributed by atoms with E-state index in [2.05, 4.69) is 15.4 Å². The second kappa shape index (κ2) is 8.60. The minimum Gasteiger partial charge on any atom is -0.454 e. The Morgan fingerprint density at radius 1 is 0.812 bits per heavy atom. The highest BCUT2D eigenvalue weighted by Gasteiger charge is 2.19. The maximum atomic E-state index is 12.8. The fraction of sp³-hybridized carbons (Fsp3) is 0.0909. The fourth-order valence-corrected chi connectivity index (χ4v) is 4.15. The van der Waals surface area contributed by atoms with Gasteiger partial charge in [0.05, 0.1) is 10.6 Å². The number of fused-ring (bicyclic) bond motifs is 1. The molecule has 0 unspecified atom stereocenters. The summed E-state index contributed by atoms with van der Waals surface area (Å²) in [6.07, 6.45) is 0. The SMILES string of the molecule is CC(=O)Nc1cccc(NC(=O)c2cccc(S(=O)(=O)Nc3ccc4c(c3)OCO4)c2)c1. The van der Waals surface area contributed by atoms with Crippen LogP contribution >= 0.6 is 0 Å². The molecule has 2 amide bonds. The van der Waals surface area contributed by atoms with Crippen molar-refractivity contribution in [2.45, 2.75) is 11.8 Å². The van der Waals surface area contributed by atoms with E-state index in [-0.39, 0.29) is 23.2 Å². The molecule has 0 saturated heterocycles. The highest BCUT2D eigenvalue weighted by Crippen LogP contribution is 2.34. The van der Waals surface area contributed by atoms with Gasteiger partial charge in [-0.2, -0.15) is 0 Å². The molecular formula is C22H19N3O6S. The van der Waals surface area contributed by atoms with Crippen LogP contribution in [0.5, 0.6) is 11.5 Å². The number of sulfonamides is 1. The maximum Gasteiger partial charge on any atom is 0.261 e. The Hall–Kier alpha value is -4.05. The van der Waals surface area contributed by atoms with Crippen molar-refractivity contribution in [3.63, 3.8) is 0 Å². The Kier molecular flexibility index (Phi) is 5.69. The lowest BCUT2D eigenvalue weighted by Gasteiger charge is -2.11. The molecule has 0 fully saturated rings. The molecule has 0 aliphatic carbocycles. The normalized spacial score (nSPS) is 12.2. The molecule has 1 heterocycles. The number of nitrogens with one attached hydrogen (secondary N) is 3. The molecule has 0 atom stereocenters. The van der Waals surface area contributed by atoms with E-state index in [0.29, 0.717) is 28.6 Å². The Balaban J connectivity index is 1.51. The lowest BCUT2D eigenvalue weighted by molar-refractivity contribution is -0.114. The number of anilines is 3. The molecule has 0 bridgehead atoms. The molecule has 1 aliphatic heterocycles. The van der Waals surface area contributed by atoms with E-state index in [1.165, 1.54) is 37.3 Å². The van der Waals surface area contributed by atoms with Gasteiger partial charge in [0, 0.05) is 29.9 Å². The number of hydrogen-bond acceptors (Lipinski definition) is 6. The largest absolute Gasteiger partial charge is 0.454 e. The Morgan fingerprint density at radius 2 is 1.53 bits per heavy atom. The number of rotatable bonds is 6. The van der Waals surface area contributed by atoms with Crippen LogP contribution in [0.4, 0.5) is 17.1 Å². The average Bonchev–Trinajstić information content (AvgIpc) is 3.21. The quantitative estimate of drug-likeness (QED) is 0.526. The van der Waals surface area contributed by atoms with Crippen molar-refractivity contribution < 1.29 is 27.5 Å². The molecule has 4 rings (SSSR count). The lowest BCUT2D eigenvalue weighted by atomic mass is 10.2. The van der Waals surface area contributed by atoms with Gasteiger partial charge >= 0.3 is 0 Å². The summed E-state index contributed by atoms with van der Waals surface area (Å²) in [6, 6.07) is 17.0. The molecule has 10 heteroatoms. The van der Waals surface area contributed by atoms with Crippen molar-refractivity contribution in [3.8, 4) is 11.5 Å². The van der Waals surface area contributed by atoms with Crippen molar-refractivity contribution in [2.24, 2.45) is 0 Å². The van der Waals surface area contributed by atoms with Crippen LogP contribution in [0.15, 0.2) is 71.6 Å². The molecule has 9 nitrogen and oxygen atoms in total. The third-order valence-electron chi connectivity index (χ3n) is 4.47. The highest BCUT2D eigenvalue weighted by atomic mass is 32.2. The Morgan fingerprint density at radius 3 is 2.31 bits per heavy atom. The van der Waals surface area contributed by atoms with Gasteiger partial charge in [-0.05, 0) is 48.5 Å². The monoisotopic (exact) mass is 453 g/mol. The minimum atomic E-state index is -3.95. The van der Waals surface area contributed by atoms with Crippen molar-refractivity contribution >= 4 is 38.9 Å². The summed E-state index contributed by atoms with van der Waals surface area (Å²) in [5.74, 6) is 0.250. The molecule has 32 heavy (non-hydrogen) atoms. The summed E-state index contributed by atoms with van der Waals surface area (Å²) in [7, 11) is -3.95. The Labute approximate surface area is 184 Å². The first-order valence-corrected chi connectivity index (χ1v) is 11.0. The molecular weight excluding hydrogens is 434 g/mol. The van der Waals surface area contributed by atoms with Crippen molar-refractivity contribution in [3.05, 3.63) is 72.3 Å². The van der Waals surface area contributed by atoms with E-state index in [1.807, 2.05) is 0 Å². The van der Waals surface area contributed by atoms with E-state index in [0.717, 1.165) is 0 Å². The summed E-state index contributed by atoms with van der Waals surface area (Å²) in [5, 5.41) is 5.32. The molecule has 0 aromatic heterocycles.